The van der Waals surface area contributed by atoms with Crippen molar-refractivity contribution < 1.29 is 4.79 Å². The zero-order valence-electron chi connectivity index (χ0n) is 10.2. The maximum atomic E-state index is 12.4. The van der Waals surface area contributed by atoms with Crippen molar-refractivity contribution in [1.29, 1.82) is 0 Å². The first kappa shape index (κ1) is 11.9. The summed E-state index contributed by atoms with van der Waals surface area (Å²) in [4.78, 5) is 16.7. The highest BCUT2D eigenvalue weighted by molar-refractivity contribution is 6.34. The molecule has 0 atom stereocenters. The number of rotatable bonds is 2. The third kappa shape index (κ3) is 2.00. The van der Waals surface area contributed by atoms with Gasteiger partial charge < -0.3 is 0 Å². The molecule has 0 unspecified atom stereocenters. The topological polar surface area (TPSA) is 47.8 Å². The Morgan fingerprint density at radius 1 is 1.21 bits per heavy atom. The Kier molecular flexibility index (Phi) is 2.80. The van der Waals surface area contributed by atoms with Gasteiger partial charge in [0.25, 0.3) is 0 Å². The fourth-order valence-corrected chi connectivity index (χ4v) is 2.23. The third-order valence-electron chi connectivity index (χ3n) is 2.94. The normalized spacial score (nSPS) is 10.8. The van der Waals surface area contributed by atoms with Crippen LogP contribution >= 0.6 is 11.6 Å². The molecule has 0 aliphatic heterocycles. The van der Waals surface area contributed by atoms with Crippen molar-refractivity contribution in [2.75, 3.05) is 0 Å². The number of nitrogens with zero attached hydrogens (tertiary/aromatic N) is 3. The molecule has 2 heterocycles. The lowest BCUT2D eigenvalue weighted by Gasteiger charge is -2.03. The number of fused-ring (bicyclic) bond motifs is 1. The zero-order chi connectivity index (χ0) is 13.4. The van der Waals surface area contributed by atoms with E-state index in [9.17, 15) is 4.79 Å². The van der Waals surface area contributed by atoms with E-state index in [1.807, 2.05) is 30.3 Å². The van der Waals surface area contributed by atoms with Crippen molar-refractivity contribution in [2.24, 2.45) is 7.05 Å². The maximum Gasteiger partial charge on any atom is 0.230 e. The van der Waals surface area contributed by atoms with Crippen molar-refractivity contribution in [3.63, 3.8) is 0 Å². The van der Waals surface area contributed by atoms with Gasteiger partial charge in [0.2, 0.25) is 5.78 Å². The molecule has 0 saturated heterocycles. The van der Waals surface area contributed by atoms with Crippen molar-refractivity contribution in [3.05, 3.63) is 59.0 Å². The highest BCUT2D eigenvalue weighted by atomic mass is 35.5. The molecule has 0 saturated carbocycles. The average molecular weight is 272 g/mol. The summed E-state index contributed by atoms with van der Waals surface area (Å²) in [5.41, 5.74) is 1.50. The molecule has 5 heteroatoms. The molecule has 0 N–H and O–H groups in total. The SMILES string of the molecule is Cn1ncc(Cl)c1C(=O)c1ccc2ccccc2n1. The molecule has 94 valence electrons. The van der Waals surface area contributed by atoms with Gasteiger partial charge in [-0.15, -0.1) is 0 Å². The number of carbonyl (C=O) groups is 1. The molecule has 3 rings (SSSR count). The van der Waals surface area contributed by atoms with Crippen LogP contribution in [0.4, 0.5) is 0 Å². The van der Waals surface area contributed by atoms with Crippen LogP contribution in [0.15, 0.2) is 42.6 Å². The second-order valence-corrected chi connectivity index (χ2v) is 4.59. The molecule has 0 fully saturated rings. The van der Waals surface area contributed by atoms with Crippen molar-refractivity contribution >= 4 is 28.3 Å². The number of para-hydroxylation sites is 1. The third-order valence-corrected chi connectivity index (χ3v) is 3.22. The molecule has 1 aromatic carbocycles. The standard InChI is InChI=1S/C14H10ClN3O/c1-18-13(10(15)8-16-18)14(19)12-7-6-9-4-2-3-5-11(9)17-12/h2-8H,1H3. The van der Waals surface area contributed by atoms with Crippen LogP contribution in [-0.4, -0.2) is 20.5 Å². The Balaban J connectivity index is 2.12. The smallest absolute Gasteiger partial charge is 0.230 e. The van der Waals surface area contributed by atoms with E-state index in [4.69, 9.17) is 11.6 Å². The number of ketones is 1. The Bertz CT molecular complexity index is 760. The molecular weight excluding hydrogens is 262 g/mol. The number of aryl methyl sites for hydroxylation is 1. The molecule has 0 bridgehead atoms. The number of halogens is 1. The minimum Gasteiger partial charge on any atom is -0.285 e. The Morgan fingerprint density at radius 3 is 2.74 bits per heavy atom. The van der Waals surface area contributed by atoms with Crippen molar-refractivity contribution in [2.45, 2.75) is 0 Å². The summed E-state index contributed by atoms with van der Waals surface area (Å²) in [6, 6.07) is 11.2. The fraction of sp³-hybridized carbons (Fsp3) is 0.0714. The first-order valence-corrected chi connectivity index (χ1v) is 6.12. The van der Waals surface area contributed by atoms with E-state index < -0.39 is 0 Å². The van der Waals surface area contributed by atoms with Crippen LogP contribution in [0.25, 0.3) is 10.9 Å². The van der Waals surface area contributed by atoms with Gasteiger partial charge in [0, 0.05) is 12.4 Å². The summed E-state index contributed by atoms with van der Waals surface area (Å²) in [5, 5.41) is 5.29. The van der Waals surface area contributed by atoms with Gasteiger partial charge in [0.1, 0.15) is 11.4 Å². The second-order valence-electron chi connectivity index (χ2n) is 4.18. The number of hydrogen-bond donors (Lipinski definition) is 0. The largest absolute Gasteiger partial charge is 0.285 e. The van der Waals surface area contributed by atoms with Crippen LogP contribution < -0.4 is 0 Å². The maximum absolute atomic E-state index is 12.4. The number of hydrogen-bond acceptors (Lipinski definition) is 3. The van der Waals surface area contributed by atoms with Crippen LogP contribution in [0.3, 0.4) is 0 Å². The number of aromatic nitrogens is 3. The average Bonchev–Trinajstić information content (AvgIpc) is 2.77. The summed E-state index contributed by atoms with van der Waals surface area (Å²) in [5.74, 6) is -0.226. The van der Waals surface area contributed by atoms with Gasteiger partial charge in [0.05, 0.1) is 16.7 Å². The van der Waals surface area contributed by atoms with Gasteiger partial charge in [-0.05, 0) is 12.1 Å². The highest BCUT2D eigenvalue weighted by Crippen LogP contribution is 2.19. The van der Waals surface area contributed by atoms with Crippen molar-refractivity contribution in [1.82, 2.24) is 14.8 Å². The minimum absolute atomic E-state index is 0.226. The van der Waals surface area contributed by atoms with E-state index >= 15 is 0 Å². The van der Waals surface area contributed by atoms with E-state index in [0.717, 1.165) is 10.9 Å². The van der Waals surface area contributed by atoms with Crippen LogP contribution in [0.2, 0.25) is 5.02 Å². The van der Waals surface area contributed by atoms with Gasteiger partial charge in [-0.25, -0.2) is 4.98 Å². The molecule has 0 aliphatic carbocycles. The molecule has 0 amide bonds. The summed E-state index contributed by atoms with van der Waals surface area (Å²) in [7, 11) is 1.68. The predicted octanol–water partition coefficient (Wildman–Crippen LogP) is 2.85. The quantitative estimate of drug-likeness (QED) is 0.674. The van der Waals surface area contributed by atoms with E-state index in [0.29, 0.717) is 16.4 Å². The van der Waals surface area contributed by atoms with Gasteiger partial charge in [-0.2, -0.15) is 5.10 Å². The number of benzene rings is 1. The summed E-state index contributed by atoms with van der Waals surface area (Å²) >= 11 is 5.98. The summed E-state index contributed by atoms with van der Waals surface area (Å²) < 4.78 is 1.46. The van der Waals surface area contributed by atoms with Crippen LogP contribution in [0.1, 0.15) is 16.2 Å². The van der Waals surface area contributed by atoms with Crippen molar-refractivity contribution in [3.8, 4) is 0 Å². The number of pyridine rings is 1. The molecule has 0 spiro atoms. The predicted molar refractivity (Wildman–Crippen MR) is 73.4 cm³/mol. The van der Waals surface area contributed by atoms with E-state index in [1.165, 1.54) is 10.9 Å². The van der Waals surface area contributed by atoms with Gasteiger partial charge >= 0.3 is 0 Å². The molecule has 0 aliphatic rings. The Morgan fingerprint density at radius 2 is 2.00 bits per heavy atom. The van der Waals surface area contributed by atoms with Crippen LogP contribution in [0.5, 0.6) is 0 Å². The highest BCUT2D eigenvalue weighted by Gasteiger charge is 2.18. The fourth-order valence-electron chi connectivity index (χ4n) is 1.98. The monoisotopic (exact) mass is 271 g/mol. The van der Waals surface area contributed by atoms with Crippen LogP contribution in [0, 0.1) is 0 Å². The molecule has 0 radical (unpaired) electrons. The zero-order valence-corrected chi connectivity index (χ0v) is 10.9. The van der Waals surface area contributed by atoms with Gasteiger partial charge in [-0.1, -0.05) is 35.9 Å². The first-order chi connectivity index (χ1) is 9.16. The molecule has 19 heavy (non-hydrogen) atoms. The molecule has 2 aromatic heterocycles. The summed E-state index contributed by atoms with van der Waals surface area (Å²) in [6.45, 7) is 0. The Hall–Kier alpha value is -2.20. The Labute approximate surface area is 114 Å². The van der Waals surface area contributed by atoms with E-state index in [-0.39, 0.29) is 5.78 Å². The lowest BCUT2D eigenvalue weighted by molar-refractivity contribution is 0.102. The second kappa shape index (κ2) is 4.48. The molecule has 3 aromatic rings. The lowest BCUT2D eigenvalue weighted by atomic mass is 10.1. The lowest BCUT2D eigenvalue weighted by Crippen LogP contribution is -2.10. The van der Waals surface area contributed by atoms with Crippen LogP contribution in [-0.2, 0) is 7.05 Å². The van der Waals surface area contributed by atoms with Gasteiger partial charge in [-0.3, -0.25) is 9.48 Å². The first-order valence-electron chi connectivity index (χ1n) is 5.75. The number of carbonyl (C=O) groups excluding carboxylic acids is 1. The minimum atomic E-state index is -0.226. The molecular formula is C14H10ClN3O. The van der Waals surface area contributed by atoms with Gasteiger partial charge in [0.15, 0.2) is 0 Å². The molecule has 4 nitrogen and oxygen atoms in total. The van der Waals surface area contributed by atoms with E-state index in [2.05, 4.69) is 10.1 Å². The van der Waals surface area contributed by atoms with E-state index in [1.54, 1.807) is 13.1 Å². The summed E-state index contributed by atoms with van der Waals surface area (Å²) in [6.07, 6.45) is 1.45.